The molecule has 2 heterocycles. The number of anilines is 1. The van der Waals surface area contributed by atoms with Gasteiger partial charge in [0.2, 0.25) is 5.91 Å². The number of imidazole rings is 1. The van der Waals surface area contributed by atoms with Gasteiger partial charge in [0.15, 0.2) is 0 Å². The van der Waals surface area contributed by atoms with Crippen LogP contribution >= 0.6 is 11.6 Å². The molecule has 9 heteroatoms. The molecule has 1 aliphatic heterocycles. The quantitative estimate of drug-likeness (QED) is 0.465. The zero-order chi connectivity index (χ0) is 24.9. The van der Waals surface area contributed by atoms with Gasteiger partial charge in [0, 0.05) is 29.7 Å². The Balaban J connectivity index is 1.27. The van der Waals surface area contributed by atoms with Crippen molar-refractivity contribution in [3.05, 3.63) is 58.9 Å². The first-order valence-corrected chi connectivity index (χ1v) is 12.8. The molecule has 184 valence electrons. The van der Waals surface area contributed by atoms with E-state index >= 15 is 0 Å². The summed E-state index contributed by atoms with van der Waals surface area (Å²) in [6.07, 6.45) is 3.74. The summed E-state index contributed by atoms with van der Waals surface area (Å²) in [5.41, 5.74) is 2.94. The number of rotatable bonds is 7. The second-order valence-corrected chi connectivity index (χ2v) is 10.4. The maximum absolute atomic E-state index is 13.9. The van der Waals surface area contributed by atoms with E-state index in [1.54, 1.807) is 0 Å². The molecule has 0 saturated heterocycles. The van der Waals surface area contributed by atoms with E-state index in [1.165, 1.54) is 0 Å². The number of para-hydroxylation sites is 1. The molecule has 3 aromatic rings. The first-order valence-electron chi connectivity index (χ1n) is 12.4. The summed E-state index contributed by atoms with van der Waals surface area (Å²) in [5.74, 6) is 0.790. The summed E-state index contributed by atoms with van der Waals surface area (Å²) in [6, 6.07) is 15.6. The van der Waals surface area contributed by atoms with Gasteiger partial charge in [-0.15, -0.1) is 0 Å². The van der Waals surface area contributed by atoms with Crippen molar-refractivity contribution in [1.29, 1.82) is 5.26 Å². The van der Waals surface area contributed by atoms with E-state index < -0.39 is 11.5 Å². The number of carbonyl (C=O) groups excluding carboxylic acids is 2. The molecule has 3 aliphatic rings. The van der Waals surface area contributed by atoms with E-state index in [9.17, 15) is 9.59 Å². The number of aryl methyl sites for hydroxylation is 1. The Morgan fingerprint density at radius 1 is 1.25 bits per heavy atom. The average Bonchev–Trinajstić information content (AvgIpc) is 3.54. The summed E-state index contributed by atoms with van der Waals surface area (Å²) < 4.78 is 7.41. The number of nitriles is 1. The minimum atomic E-state index is -0.644. The standard InChI is InChI=1S/C27H26ClN5O3/c28-17-7-10-23-21(13-17)31-24(32(23)12-4-3-11-29)16-33-22-6-2-1-5-20(22)27(25(33)34)14-18(15-27)30-26(35)36-19-8-9-19/h1-2,5-7,10,13,18-19H,3-4,8-9,12,14-16H2,(H,30,35)/t18-,27-. The molecule has 1 spiro atoms. The topological polar surface area (TPSA) is 100 Å². The Hall–Kier alpha value is -3.57. The monoisotopic (exact) mass is 503 g/mol. The normalized spacial score (nSPS) is 22.4. The van der Waals surface area contributed by atoms with Gasteiger partial charge in [-0.2, -0.15) is 5.26 Å². The predicted molar refractivity (Wildman–Crippen MR) is 135 cm³/mol. The lowest BCUT2D eigenvalue weighted by Gasteiger charge is -2.44. The van der Waals surface area contributed by atoms with Gasteiger partial charge in [0.1, 0.15) is 11.9 Å². The van der Waals surface area contributed by atoms with E-state index in [-0.39, 0.29) is 18.1 Å². The lowest BCUT2D eigenvalue weighted by molar-refractivity contribution is -0.127. The second kappa shape index (κ2) is 8.82. The number of carbonyl (C=O) groups is 2. The number of alkyl carbamates (subject to hydrolysis) is 1. The van der Waals surface area contributed by atoms with Crippen LogP contribution in [-0.4, -0.2) is 33.7 Å². The van der Waals surface area contributed by atoms with Crippen molar-refractivity contribution >= 4 is 40.3 Å². The number of halogens is 1. The summed E-state index contributed by atoms with van der Waals surface area (Å²) >= 11 is 6.22. The van der Waals surface area contributed by atoms with Gasteiger partial charge in [-0.05, 0) is 61.9 Å². The number of unbranched alkanes of at least 4 members (excludes halogenated alkanes) is 1. The average molecular weight is 504 g/mol. The molecule has 2 amide bonds. The Morgan fingerprint density at radius 3 is 2.83 bits per heavy atom. The van der Waals surface area contributed by atoms with E-state index in [0.29, 0.717) is 43.8 Å². The van der Waals surface area contributed by atoms with Gasteiger partial charge in [-0.25, -0.2) is 9.78 Å². The fourth-order valence-electron chi connectivity index (χ4n) is 5.55. The molecular formula is C27H26ClN5O3. The summed E-state index contributed by atoms with van der Waals surface area (Å²) in [4.78, 5) is 32.7. The molecule has 1 aromatic heterocycles. The van der Waals surface area contributed by atoms with Crippen LogP contribution in [0.1, 0.15) is 49.9 Å². The molecular weight excluding hydrogens is 478 g/mol. The van der Waals surface area contributed by atoms with Crippen LogP contribution in [0.25, 0.3) is 11.0 Å². The molecule has 0 bridgehead atoms. The zero-order valence-electron chi connectivity index (χ0n) is 19.7. The van der Waals surface area contributed by atoms with Crippen LogP contribution in [0.15, 0.2) is 42.5 Å². The highest BCUT2D eigenvalue weighted by Gasteiger charge is 2.58. The van der Waals surface area contributed by atoms with Crippen molar-refractivity contribution in [2.45, 2.75) is 69.2 Å². The minimum Gasteiger partial charge on any atom is -0.446 e. The van der Waals surface area contributed by atoms with Crippen molar-refractivity contribution in [2.75, 3.05) is 4.90 Å². The number of hydrogen-bond donors (Lipinski definition) is 1. The van der Waals surface area contributed by atoms with Crippen LogP contribution < -0.4 is 10.2 Å². The largest absolute Gasteiger partial charge is 0.446 e. The van der Waals surface area contributed by atoms with Crippen molar-refractivity contribution in [3.63, 3.8) is 0 Å². The number of amides is 2. The van der Waals surface area contributed by atoms with E-state index in [0.717, 1.165) is 41.0 Å². The van der Waals surface area contributed by atoms with Gasteiger partial charge >= 0.3 is 6.09 Å². The molecule has 0 unspecified atom stereocenters. The maximum atomic E-state index is 13.9. The first kappa shape index (κ1) is 22.9. The van der Waals surface area contributed by atoms with E-state index in [1.807, 2.05) is 47.4 Å². The van der Waals surface area contributed by atoms with E-state index in [4.69, 9.17) is 26.6 Å². The third-order valence-electron chi connectivity index (χ3n) is 7.43. The molecule has 0 atom stereocenters. The number of aromatic nitrogens is 2. The van der Waals surface area contributed by atoms with Gasteiger partial charge in [0.25, 0.3) is 0 Å². The van der Waals surface area contributed by atoms with Crippen LogP contribution in [0.3, 0.4) is 0 Å². The predicted octanol–water partition coefficient (Wildman–Crippen LogP) is 4.83. The van der Waals surface area contributed by atoms with Gasteiger partial charge in [-0.1, -0.05) is 29.8 Å². The first-order chi connectivity index (χ1) is 17.5. The molecule has 0 radical (unpaired) electrons. The SMILES string of the molecule is N#CCCCn1c(CN2c3ccccc3[C@]3(C[C@@H](NC(=O)OC4CC4)C3)C2=O)nc2cc(Cl)ccc21. The number of benzene rings is 2. The Morgan fingerprint density at radius 2 is 2.06 bits per heavy atom. The van der Waals surface area contributed by atoms with Crippen molar-refractivity contribution in [3.8, 4) is 6.07 Å². The Bertz CT molecular complexity index is 1400. The highest BCUT2D eigenvalue weighted by atomic mass is 35.5. The molecule has 36 heavy (non-hydrogen) atoms. The number of hydrogen-bond acceptors (Lipinski definition) is 5. The summed E-state index contributed by atoms with van der Waals surface area (Å²) in [5, 5.41) is 12.6. The van der Waals surface area contributed by atoms with Gasteiger partial charge in [0.05, 0.1) is 29.1 Å². The van der Waals surface area contributed by atoms with E-state index in [2.05, 4.69) is 16.0 Å². The summed E-state index contributed by atoms with van der Waals surface area (Å²) in [6.45, 7) is 0.948. The molecule has 2 fully saturated rings. The van der Waals surface area contributed by atoms with Gasteiger partial charge < -0.3 is 19.5 Å². The Labute approximate surface area is 213 Å². The van der Waals surface area contributed by atoms with Gasteiger partial charge in [-0.3, -0.25) is 4.79 Å². The lowest BCUT2D eigenvalue weighted by Crippen LogP contribution is -2.57. The van der Waals surface area contributed by atoms with Crippen LogP contribution in [0, 0.1) is 11.3 Å². The lowest BCUT2D eigenvalue weighted by atomic mass is 9.62. The smallest absolute Gasteiger partial charge is 0.407 e. The minimum absolute atomic E-state index is 0.0333. The van der Waals surface area contributed by atoms with Crippen molar-refractivity contribution in [2.24, 2.45) is 0 Å². The molecule has 2 aromatic carbocycles. The molecule has 1 N–H and O–H groups in total. The van der Waals surface area contributed by atoms with Crippen LogP contribution in [0.5, 0.6) is 0 Å². The number of fused-ring (bicyclic) bond motifs is 3. The molecule has 2 aliphatic carbocycles. The molecule has 6 rings (SSSR count). The highest BCUT2D eigenvalue weighted by molar-refractivity contribution is 6.31. The van der Waals surface area contributed by atoms with Crippen LogP contribution in [0.2, 0.25) is 5.02 Å². The van der Waals surface area contributed by atoms with Crippen LogP contribution in [-0.2, 0) is 28.0 Å². The third-order valence-corrected chi connectivity index (χ3v) is 7.67. The van der Waals surface area contributed by atoms with Crippen LogP contribution in [0.4, 0.5) is 10.5 Å². The third kappa shape index (κ3) is 3.88. The fourth-order valence-corrected chi connectivity index (χ4v) is 5.72. The Kier molecular flexibility index (Phi) is 5.60. The van der Waals surface area contributed by atoms with Crippen molar-refractivity contribution < 1.29 is 14.3 Å². The molecule has 2 saturated carbocycles. The fraction of sp³-hybridized carbons (Fsp3) is 0.407. The molecule has 8 nitrogen and oxygen atoms in total. The number of ether oxygens (including phenoxy) is 1. The number of nitrogens with one attached hydrogen (secondary N) is 1. The maximum Gasteiger partial charge on any atom is 0.407 e. The van der Waals surface area contributed by atoms with Crippen molar-refractivity contribution in [1.82, 2.24) is 14.9 Å². The second-order valence-electron chi connectivity index (χ2n) is 9.92. The zero-order valence-corrected chi connectivity index (χ0v) is 20.5. The highest BCUT2D eigenvalue weighted by Crippen LogP contribution is 2.53. The number of nitrogens with zero attached hydrogens (tertiary/aromatic N) is 4. The summed E-state index contributed by atoms with van der Waals surface area (Å²) in [7, 11) is 0.